The predicted molar refractivity (Wildman–Crippen MR) is 83.4 cm³/mol. The largest absolute Gasteiger partial charge is 0.478 e. The molecule has 0 amide bonds. The lowest BCUT2D eigenvalue weighted by atomic mass is 10.1. The van der Waals surface area contributed by atoms with E-state index in [-0.39, 0.29) is 17.3 Å². The van der Waals surface area contributed by atoms with E-state index in [1.54, 1.807) is 0 Å². The van der Waals surface area contributed by atoms with Crippen LogP contribution in [0.25, 0.3) is 0 Å². The average molecular weight is 285 g/mol. The summed E-state index contributed by atoms with van der Waals surface area (Å²) in [6.45, 7) is 4.75. The molecule has 0 aliphatic rings. The summed E-state index contributed by atoms with van der Waals surface area (Å²) in [5.41, 5.74) is 7.06. The number of carbonyl (C=O) groups is 1. The van der Waals surface area contributed by atoms with E-state index >= 15 is 0 Å². The number of carboxylic acids is 1. The zero-order valence-corrected chi connectivity index (χ0v) is 12.2. The van der Waals surface area contributed by atoms with Gasteiger partial charge in [-0.3, -0.25) is 0 Å². The van der Waals surface area contributed by atoms with Crippen molar-refractivity contribution < 1.29 is 9.90 Å². The number of rotatable bonds is 5. The molecule has 0 aliphatic heterocycles. The van der Waals surface area contributed by atoms with Gasteiger partial charge >= 0.3 is 5.97 Å². The molecule has 1 aromatic heterocycles. The summed E-state index contributed by atoms with van der Waals surface area (Å²) in [5.74, 6) is -0.431. The summed E-state index contributed by atoms with van der Waals surface area (Å²) in [6.07, 6.45) is 1.40. The first-order valence-electron chi connectivity index (χ1n) is 6.78. The maximum atomic E-state index is 11.2. The molecule has 0 bridgehead atoms. The first-order chi connectivity index (χ1) is 9.99. The van der Waals surface area contributed by atoms with Crippen LogP contribution in [0.4, 0.5) is 11.5 Å². The maximum absolute atomic E-state index is 11.2. The number of anilines is 2. The predicted octanol–water partition coefficient (Wildman–Crippen LogP) is 2.78. The van der Waals surface area contributed by atoms with Crippen LogP contribution in [0.3, 0.4) is 0 Å². The number of nitrogen functional groups attached to an aromatic ring is 1. The highest BCUT2D eigenvalue weighted by atomic mass is 16.4. The van der Waals surface area contributed by atoms with E-state index in [1.165, 1.54) is 12.3 Å². The van der Waals surface area contributed by atoms with E-state index in [4.69, 9.17) is 5.73 Å². The molecule has 2 aromatic rings. The molecule has 110 valence electrons. The molecule has 0 atom stereocenters. The molecule has 0 radical (unpaired) electrons. The average Bonchev–Trinajstić information content (AvgIpc) is 2.46. The normalized spacial score (nSPS) is 10.6. The number of hydrogen-bond acceptors (Lipinski definition) is 4. The first-order valence-corrected chi connectivity index (χ1v) is 6.78. The molecule has 0 unspecified atom stereocenters. The van der Waals surface area contributed by atoms with Crippen LogP contribution in [0.1, 0.15) is 29.8 Å². The smallest absolute Gasteiger partial charge is 0.337 e. The Hall–Kier alpha value is -2.56. The van der Waals surface area contributed by atoms with Crippen LogP contribution in [-0.2, 0) is 6.54 Å². The molecule has 1 aromatic carbocycles. The molecule has 5 nitrogen and oxygen atoms in total. The van der Waals surface area contributed by atoms with Gasteiger partial charge in [0, 0.05) is 12.6 Å². The third-order valence-electron chi connectivity index (χ3n) is 3.26. The number of pyridine rings is 1. The van der Waals surface area contributed by atoms with Crippen molar-refractivity contribution in [3.63, 3.8) is 0 Å². The van der Waals surface area contributed by atoms with E-state index < -0.39 is 5.97 Å². The van der Waals surface area contributed by atoms with E-state index in [0.717, 1.165) is 5.56 Å². The molecule has 3 N–H and O–H groups in total. The maximum Gasteiger partial charge on any atom is 0.337 e. The fourth-order valence-corrected chi connectivity index (χ4v) is 2.11. The fraction of sp³-hybridized carbons (Fsp3) is 0.250. The topological polar surface area (TPSA) is 79.5 Å². The second-order valence-electron chi connectivity index (χ2n) is 5.14. The number of nitrogens with zero attached hydrogens (tertiary/aromatic N) is 2. The van der Waals surface area contributed by atoms with Crippen molar-refractivity contribution >= 4 is 17.5 Å². The lowest BCUT2D eigenvalue weighted by Gasteiger charge is -2.28. The van der Waals surface area contributed by atoms with E-state index in [2.05, 4.69) is 4.98 Å². The highest BCUT2D eigenvalue weighted by molar-refractivity contribution is 5.94. The highest BCUT2D eigenvalue weighted by Crippen LogP contribution is 2.22. The Balaban J connectivity index is 2.35. The molecule has 0 spiro atoms. The van der Waals surface area contributed by atoms with Gasteiger partial charge in [-0.15, -0.1) is 0 Å². The molecular weight excluding hydrogens is 266 g/mol. The summed E-state index contributed by atoms with van der Waals surface area (Å²) in [4.78, 5) is 17.5. The van der Waals surface area contributed by atoms with Crippen molar-refractivity contribution in [3.8, 4) is 0 Å². The summed E-state index contributed by atoms with van der Waals surface area (Å²) in [6, 6.07) is 11.7. The number of aromatic carboxylic acids is 1. The first kappa shape index (κ1) is 14.8. The van der Waals surface area contributed by atoms with Crippen LogP contribution in [0.5, 0.6) is 0 Å². The third kappa shape index (κ3) is 3.51. The zero-order valence-electron chi connectivity index (χ0n) is 12.2. The van der Waals surface area contributed by atoms with Crippen molar-refractivity contribution in [1.29, 1.82) is 0 Å². The Morgan fingerprint density at radius 2 is 2.00 bits per heavy atom. The van der Waals surface area contributed by atoms with Crippen molar-refractivity contribution in [2.75, 3.05) is 10.6 Å². The molecule has 5 heteroatoms. The number of hydrogen-bond donors (Lipinski definition) is 2. The van der Waals surface area contributed by atoms with Gasteiger partial charge in [-0.2, -0.15) is 0 Å². The fourth-order valence-electron chi connectivity index (χ4n) is 2.11. The van der Waals surface area contributed by atoms with Crippen molar-refractivity contribution in [3.05, 3.63) is 53.7 Å². The minimum Gasteiger partial charge on any atom is -0.478 e. The Morgan fingerprint density at radius 3 is 2.57 bits per heavy atom. The molecule has 0 saturated heterocycles. The summed E-state index contributed by atoms with van der Waals surface area (Å²) in [7, 11) is 0. The standard InChI is InChI=1S/C16H19N3O2/c1-11(2)19(10-12-6-4-3-5-7-12)15-8-13(16(20)21)14(17)9-18-15/h3-9,11H,10,17H2,1-2H3,(H,20,21). The number of nitrogens with two attached hydrogens (primary N) is 1. The number of carboxylic acid groups (broad SMARTS) is 1. The minimum absolute atomic E-state index is 0.0821. The Bertz CT molecular complexity index is 627. The molecular formula is C16H19N3O2. The molecule has 0 saturated carbocycles. The van der Waals surface area contributed by atoms with Crippen LogP contribution >= 0.6 is 0 Å². The van der Waals surface area contributed by atoms with Crippen LogP contribution < -0.4 is 10.6 Å². The van der Waals surface area contributed by atoms with Crippen LogP contribution in [-0.4, -0.2) is 22.1 Å². The Kier molecular flexibility index (Phi) is 4.42. The lowest BCUT2D eigenvalue weighted by Crippen LogP contribution is -2.31. The van der Waals surface area contributed by atoms with Crippen LogP contribution in [0.2, 0.25) is 0 Å². The highest BCUT2D eigenvalue weighted by Gasteiger charge is 2.16. The van der Waals surface area contributed by atoms with E-state index in [9.17, 15) is 9.90 Å². The van der Waals surface area contributed by atoms with Gasteiger partial charge in [0.2, 0.25) is 0 Å². The molecule has 1 heterocycles. The Labute approximate surface area is 124 Å². The van der Waals surface area contributed by atoms with Gasteiger partial charge in [0.1, 0.15) is 5.82 Å². The van der Waals surface area contributed by atoms with Gasteiger partial charge in [0.05, 0.1) is 17.4 Å². The zero-order chi connectivity index (χ0) is 15.4. The second-order valence-corrected chi connectivity index (χ2v) is 5.14. The van der Waals surface area contributed by atoms with Crippen molar-refractivity contribution in [1.82, 2.24) is 4.98 Å². The molecule has 0 fully saturated rings. The number of benzene rings is 1. The SMILES string of the molecule is CC(C)N(Cc1ccccc1)c1cc(C(=O)O)c(N)cn1. The van der Waals surface area contributed by atoms with E-state index in [1.807, 2.05) is 49.1 Å². The van der Waals surface area contributed by atoms with Gasteiger partial charge < -0.3 is 15.7 Å². The third-order valence-corrected chi connectivity index (χ3v) is 3.26. The van der Waals surface area contributed by atoms with Crippen LogP contribution in [0.15, 0.2) is 42.6 Å². The van der Waals surface area contributed by atoms with Crippen molar-refractivity contribution in [2.24, 2.45) is 0 Å². The summed E-state index contributed by atoms with van der Waals surface area (Å²) >= 11 is 0. The van der Waals surface area contributed by atoms with Crippen molar-refractivity contribution in [2.45, 2.75) is 26.4 Å². The van der Waals surface area contributed by atoms with Crippen LogP contribution in [0, 0.1) is 0 Å². The van der Waals surface area contributed by atoms with E-state index in [0.29, 0.717) is 12.4 Å². The lowest BCUT2D eigenvalue weighted by molar-refractivity contribution is 0.0698. The minimum atomic E-state index is -1.04. The van der Waals surface area contributed by atoms with Gasteiger partial charge in [-0.1, -0.05) is 30.3 Å². The molecule has 21 heavy (non-hydrogen) atoms. The quantitative estimate of drug-likeness (QED) is 0.883. The van der Waals surface area contributed by atoms with Gasteiger partial charge in [0.25, 0.3) is 0 Å². The Morgan fingerprint density at radius 1 is 1.33 bits per heavy atom. The molecule has 2 rings (SSSR count). The second kappa shape index (κ2) is 6.26. The van der Waals surface area contributed by atoms with Gasteiger partial charge in [-0.25, -0.2) is 9.78 Å². The monoisotopic (exact) mass is 285 g/mol. The number of aromatic nitrogens is 1. The van der Waals surface area contributed by atoms with Gasteiger partial charge in [0.15, 0.2) is 0 Å². The molecule has 0 aliphatic carbocycles. The summed E-state index contributed by atoms with van der Waals surface area (Å²) < 4.78 is 0. The van der Waals surface area contributed by atoms with Gasteiger partial charge in [-0.05, 0) is 25.5 Å². The summed E-state index contributed by atoms with van der Waals surface area (Å²) in [5, 5.41) is 9.17.